The topological polar surface area (TPSA) is 68.1 Å². The van der Waals surface area contributed by atoms with E-state index in [1.54, 1.807) is 0 Å². The van der Waals surface area contributed by atoms with Crippen molar-refractivity contribution < 1.29 is 4.92 Å². The highest BCUT2D eigenvalue weighted by molar-refractivity contribution is 7.17. The summed E-state index contributed by atoms with van der Waals surface area (Å²) in [6.07, 6.45) is 1.30. The molecule has 0 spiro atoms. The SMILES string of the molecule is CCNc1c([N+](=O)[O-])cnc2ccsc12. The normalized spacial score (nSPS) is 10.5. The highest BCUT2D eigenvalue weighted by Gasteiger charge is 2.17. The molecule has 0 fully saturated rings. The molecule has 5 nitrogen and oxygen atoms in total. The van der Waals surface area contributed by atoms with Crippen LogP contribution in [-0.2, 0) is 0 Å². The highest BCUT2D eigenvalue weighted by Crippen LogP contribution is 2.34. The molecule has 6 heteroatoms. The number of pyridine rings is 1. The van der Waals surface area contributed by atoms with Crippen molar-refractivity contribution >= 4 is 32.9 Å². The molecule has 0 aliphatic heterocycles. The van der Waals surface area contributed by atoms with Crippen LogP contribution in [0.1, 0.15) is 6.92 Å². The van der Waals surface area contributed by atoms with E-state index in [2.05, 4.69) is 10.3 Å². The van der Waals surface area contributed by atoms with E-state index in [-0.39, 0.29) is 5.69 Å². The van der Waals surface area contributed by atoms with Gasteiger partial charge in [-0.1, -0.05) is 0 Å². The first-order valence-electron chi connectivity index (χ1n) is 4.48. The van der Waals surface area contributed by atoms with E-state index in [4.69, 9.17) is 0 Å². The van der Waals surface area contributed by atoms with Gasteiger partial charge in [-0.15, -0.1) is 11.3 Å². The smallest absolute Gasteiger partial charge is 0.311 e. The third kappa shape index (κ3) is 1.63. The van der Waals surface area contributed by atoms with Gasteiger partial charge in [0.2, 0.25) is 0 Å². The molecule has 0 aliphatic carbocycles. The lowest BCUT2D eigenvalue weighted by Crippen LogP contribution is -2.01. The molecule has 0 aromatic carbocycles. The van der Waals surface area contributed by atoms with Crippen LogP contribution in [-0.4, -0.2) is 16.5 Å². The second-order valence-electron chi connectivity index (χ2n) is 2.94. The van der Waals surface area contributed by atoms with Crippen molar-refractivity contribution in [2.75, 3.05) is 11.9 Å². The van der Waals surface area contributed by atoms with Gasteiger partial charge in [-0.05, 0) is 18.4 Å². The summed E-state index contributed by atoms with van der Waals surface area (Å²) >= 11 is 1.46. The average Bonchev–Trinajstić information content (AvgIpc) is 2.66. The summed E-state index contributed by atoms with van der Waals surface area (Å²) < 4.78 is 0.839. The van der Waals surface area contributed by atoms with E-state index < -0.39 is 4.92 Å². The molecule has 2 rings (SSSR count). The van der Waals surface area contributed by atoms with Gasteiger partial charge in [0.05, 0.1) is 15.1 Å². The van der Waals surface area contributed by atoms with Crippen LogP contribution in [0, 0.1) is 10.1 Å². The van der Waals surface area contributed by atoms with Gasteiger partial charge in [-0.25, -0.2) is 4.98 Å². The molecule has 0 saturated heterocycles. The monoisotopic (exact) mass is 223 g/mol. The van der Waals surface area contributed by atoms with Gasteiger partial charge >= 0.3 is 5.69 Å². The maximum absolute atomic E-state index is 10.8. The Labute approximate surface area is 89.9 Å². The van der Waals surface area contributed by atoms with Crippen LogP contribution >= 0.6 is 11.3 Å². The number of hydrogen-bond acceptors (Lipinski definition) is 5. The van der Waals surface area contributed by atoms with Crippen molar-refractivity contribution in [1.29, 1.82) is 0 Å². The van der Waals surface area contributed by atoms with Crippen molar-refractivity contribution in [2.24, 2.45) is 0 Å². The second kappa shape index (κ2) is 3.82. The number of aromatic nitrogens is 1. The fourth-order valence-corrected chi connectivity index (χ4v) is 2.26. The van der Waals surface area contributed by atoms with Gasteiger partial charge in [0.25, 0.3) is 0 Å². The van der Waals surface area contributed by atoms with Gasteiger partial charge in [0.1, 0.15) is 11.9 Å². The van der Waals surface area contributed by atoms with Crippen LogP contribution in [0.3, 0.4) is 0 Å². The van der Waals surface area contributed by atoms with Crippen LogP contribution in [0.5, 0.6) is 0 Å². The number of nitrogens with one attached hydrogen (secondary N) is 1. The molecular formula is C9H9N3O2S. The summed E-state index contributed by atoms with van der Waals surface area (Å²) in [5.74, 6) is 0. The molecule has 2 aromatic rings. The third-order valence-electron chi connectivity index (χ3n) is 2.00. The maximum Gasteiger partial charge on any atom is 0.311 e. The Morgan fingerprint density at radius 1 is 1.67 bits per heavy atom. The molecule has 1 N–H and O–H groups in total. The number of fused-ring (bicyclic) bond motifs is 1. The van der Waals surface area contributed by atoms with Crippen molar-refractivity contribution in [3.8, 4) is 0 Å². The van der Waals surface area contributed by atoms with Crippen LogP contribution in [0.2, 0.25) is 0 Å². The van der Waals surface area contributed by atoms with Crippen LogP contribution < -0.4 is 5.32 Å². The Morgan fingerprint density at radius 3 is 3.13 bits per heavy atom. The molecule has 15 heavy (non-hydrogen) atoms. The summed E-state index contributed by atoms with van der Waals surface area (Å²) in [5, 5.41) is 15.7. The number of nitro groups is 1. The Kier molecular flexibility index (Phi) is 2.51. The molecule has 0 atom stereocenters. The highest BCUT2D eigenvalue weighted by atomic mass is 32.1. The minimum atomic E-state index is -0.413. The first-order valence-corrected chi connectivity index (χ1v) is 5.36. The third-order valence-corrected chi connectivity index (χ3v) is 2.92. The minimum absolute atomic E-state index is 0.0341. The Bertz CT molecular complexity index is 509. The standard InChI is InChI=1S/C9H9N3O2S/c1-2-10-8-7(12(13)14)5-11-6-3-4-15-9(6)8/h3-5H,2H2,1H3,(H,10,11). The number of nitrogens with zero attached hydrogens (tertiary/aromatic N) is 2. The molecule has 2 aromatic heterocycles. The van der Waals surface area contributed by atoms with E-state index in [9.17, 15) is 10.1 Å². The van der Waals surface area contributed by atoms with Crippen LogP contribution in [0.15, 0.2) is 17.6 Å². The number of hydrogen-bond donors (Lipinski definition) is 1. The molecule has 0 unspecified atom stereocenters. The van der Waals surface area contributed by atoms with Crippen molar-refractivity contribution in [2.45, 2.75) is 6.92 Å². The van der Waals surface area contributed by atoms with Gasteiger partial charge in [0.15, 0.2) is 0 Å². The molecule has 0 radical (unpaired) electrons. The maximum atomic E-state index is 10.8. The zero-order chi connectivity index (χ0) is 10.8. The van der Waals surface area contributed by atoms with Crippen LogP contribution in [0.25, 0.3) is 10.2 Å². The molecule has 0 bridgehead atoms. The quantitative estimate of drug-likeness (QED) is 0.641. The van der Waals surface area contributed by atoms with Crippen molar-refractivity contribution in [3.05, 3.63) is 27.8 Å². The summed E-state index contributed by atoms with van der Waals surface area (Å²) in [5.41, 5.74) is 1.40. The molecule has 78 valence electrons. The first-order chi connectivity index (χ1) is 7.24. The summed E-state index contributed by atoms with van der Waals surface area (Å²) in [6, 6.07) is 1.85. The van der Waals surface area contributed by atoms with Gasteiger partial charge in [-0.2, -0.15) is 0 Å². The average molecular weight is 223 g/mol. The summed E-state index contributed by atoms with van der Waals surface area (Å²) in [7, 11) is 0. The summed E-state index contributed by atoms with van der Waals surface area (Å²) in [4.78, 5) is 14.4. The summed E-state index contributed by atoms with van der Waals surface area (Å²) in [6.45, 7) is 2.56. The minimum Gasteiger partial charge on any atom is -0.378 e. The molecule has 0 amide bonds. The fourth-order valence-electron chi connectivity index (χ4n) is 1.39. The molecule has 2 heterocycles. The zero-order valence-corrected chi connectivity index (χ0v) is 8.87. The van der Waals surface area contributed by atoms with Crippen molar-refractivity contribution in [3.63, 3.8) is 0 Å². The van der Waals surface area contributed by atoms with E-state index in [1.165, 1.54) is 17.5 Å². The zero-order valence-electron chi connectivity index (χ0n) is 8.06. The van der Waals surface area contributed by atoms with Gasteiger partial charge in [0, 0.05) is 6.54 Å². The van der Waals surface area contributed by atoms with Crippen molar-refractivity contribution in [1.82, 2.24) is 4.98 Å². The largest absolute Gasteiger partial charge is 0.378 e. The van der Waals surface area contributed by atoms with E-state index in [1.807, 2.05) is 18.4 Å². The first kappa shape index (κ1) is 9.85. The number of rotatable bonds is 3. The second-order valence-corrected chi connectivity index (χ2v) is 3.86. The van der Waals surface area contributed by atoms with Gasteiger partial charge in [-0.3, -0.25) is 10.1 Å². The number of anilines is 1. The predicted molar refractivity (Wildman–Crippen MR) is 60.4 cm³/mol. The predicted octanol–water partition coefficient (Wildman–Crippen LogP) is 2.64. The van der Waals surface area contributed by atoms with E-state index >= 15 is 0 Å². The van der Waals surface area contributed by atoms with E-state index in [0.29, 0.717) is 12.2 Å². The number of thiophene rings is 1. The van der Waals surface area contributed by atoms with Gasteiger partial charge < -0.3 is 5.32 Å². The Balaban J connectivity index is 2.69. The Morgan fingerprint density at radius 2 is 2.47 bits per heavy atom. The Hall–Kier alpha value is -1.69. The lowest BCUT2D eigenvalue weighted by Gasteiger charge is -2.04. The van der Waals surface area contributed by atoms with Crippen LogP contribution in [0.4, 0.5) is 11.4 Å². The molecule has 0 saturated carbocycles. The molecule has 0 aliphatic rings. The lowest BCUT2D eigenvalue weighted by molar-refractivity contribution is -0.384. The van der Waals surface area contributed by atoms with E-state index in [0.717, 1.165) is 10.2 Å². The fraction of sp³-hybridized carbons (Fsp3) is 0.222. The lowest BCUT2D eigenvalue weighted by atomic mass is 10.3. The molecular weight excluding hydrogens is 214 g/mol.